The van der Waals surface area contributed by atoms with Crippen LogP contribution in [0.4, 0.5) is 5.69 Å². The van der Waals surface area contributed by atoms with Gasteiger partial charge in [-0.2, -0.15) is 0 Å². The molecule has 18 heavy (non-hydrogen) atoms. The van der Waals surface area contributed by atoms with Gasteiger partial charge in [0.2, 0.25) is 0 Å². The highest BCUT2D eigenvalue weighted by Gasteiger charge is 2.25. The molecule has 1 N–H and O–H groups in total. The summed E-state index contributed by atoms with van der Waals surface area (Å²) in [6.45, 7) is 6.56. The van der Waals surface area contributed by atoms with E-state index in [0.717, 1.165) is 29.7 Å². The molecule has 4 heteroatoms. The van der Waals surface area contributed by atoms with Gasteiger partial charge in [-0.3, -0.25) is 0 Å². The quantitative estimate of drug-likeness (QED) is 0.928. The fraction of sp³-hybridized carbons (Fsp3) is 0.571. The number of benzene rings is 1. The van der Waals surface area contributed by atoms with Crippen molar-refractivity contribution < 1.29 is 4.74 Å². The van der Waals surface area contributed by atoms with Crippen molar-refractivity contribution in [3.8, 4) is 5.75 Å². The van der Waals surface area contributed by atoms with Gasteiger partial charge in [0.1, 0.15) is 5.75 Å². The van der Waals surface area contributed by atoms with Gasteiger partial charge in [0.25, 0.3) is 0 Å². The fourth-order valence-corrected chi connectivity index (χ4v) is 2.93. The molecule has 0 aromatic heterocycles. The van der Waals surface area contributed by atoms with E-state index in [1.165, 1.54) is 5.69 Å². The van der Waals surface area contributed by atoms with Crippen LogP contribution in [0.15, 0.2) is 22.7 Å². The van der Waals surface area contributed by atoms with Crippen molar-refractivity contribution in [1.82, 2.24) is 5.32 Å². The third kappa shape index (κ3) is 2.98. The lowest BCUT2D eigenvalue weighted by Crippen LogP contribution is -2.55. The summed E-state index contributed by atoms with van der Waals surface area (Å²) in [4.78, 5) is 2.48. The molecule has 3 nitrogen and oxygen atoms in total. The highest BCUT2D eigenvalue weighted by molar-refractivity contribution is 9.10. The predicted molar refractivity (Wildman–Crippen MR) is 79.6 cm³/mol. The maximum Gasteiger partial charge on any atom is 0.122 e. The van der Waals surface area contributed by atoms with Crippen molar-refractivity contribution in [2.24, 2.45) is 0 Å². The number of piperazine rings is 1. The summed E-state index contributed by atoms with van der Waals surface area (Å²) in [5, 5.41) is 3.54. The molecule has 1 fully saturated rings. The summed E-state index contributed by atoms with van der Waals surface area (Å²) in [5.41, 5.74) is 1.24. The first-order valence-corrected chi connectivity index (χ1v) is 7.28. The zero-order valence-electron chi connectivity index (χ0n) is 11.2. The number of ether oxygens (including phenoxy) is 1. The van der Waals surface area contributed by atoms with Crippen LogP contribution in [-0.4, -0.2) is 32.3 Å². The van der Waals surface area contributed by atoms with Gasteiger partial charge >= 0.3 is 0 Å². The van der Waals surface area contributed by atoms with Gasteiger partial charge in [-0.05, 0) is 25.5 Å². The lowest BCUT2D eigenvalue weighted by atomic mass is 10.1. The molecule has 1 aromatic rings. The lowest BCUT2D eigenvalue weighted by molar-refractivity contribution is 0.398. The number of anilines is 1. The molecule has 0 saturated carbocycles. The van der Waals surface area contributed by atoms with E-state index < -0.39 is 0 Å². The molecule has 1 aliphatic heterocycles. The molecule has 1 aromatic carbocycles. The summed E-state index contributed by atoms with van der Waals surface area (Å²) < 4.78 is 6.42. The average molecular weight is 313 g/mol. The van der Waals surface area contributed by atoms with Crippen molar-refractivity contribution in [2.45, 2.75) is 32.4 Å². The molecular formula is C14H21BrN2O. The Kier molecular flexibility index (Phi) is 4.51. The number of nitrogens with zero attached hydrogens (tertiary/aromatic N) is 1. The van der Waals surface area contributed by atoms with Crippen molar-refractivity contribution in [3.05, 3.63) is 22.7 Å². The smallest absolute Gasteiger partial charge is 0.122 e. The summed E-state index contributed by atoms with van der Waals surface area (Å²) >= 11 is 3.56. The molecule has 1 heterocycles. The Hall–Kier alpha value is -0.740. The third-order valence-corrected chi connectivity index (χ3v) is 3.97. The van der Waals surface area contributed by atoms with Gasteiger partial charge in [0.05, 0.1) is 7.11 Å². The molecule has 100 valence electrons. The minimum atomic E-state index is 0.526. The van der Waals surface area contributed by atoms with Gasteiger partial charge in [-0.15, -0.1) is 0 Å². The van der Waals surface area contributed by atoms with Crippen LogP contribution >= 0.6 is 15.9 Å². The highest BCUT2D eigenvalue weighted by atomic mass is 79.9. The topological polar surface area (TPSA) is 24.5 Å². The van der Waals surface area contributed by atoms with Gasteiger partial charge in [-0.25, -0.2) is 0 Å². The van der Waals surface area contributed by atoms with Crippen LogP contribution in [0.25, 0.3) is 0 Å². The number of hydrogen-bond donors (Lipinski definition) is 1. The Balaban J connectivity index is 2.29. The zero-order chi connectivity index (χ0) is 13.1. The lowest BCUT2D eigenvalue weighted by Gasteiger charge is -2.40. The maximum absolute atomic E-state index is 5.35. The number of methoxy groups -OCH3 is 1. The third-order valence-electron chi connectivity index (χ3n) is 3.51. The minimum Gasteiger partial charge on any atom is -0.497 e. The summed E-state index contributed by atoms with van der Waals surface area (Å²) in [6, 6.07) is 7.36. The van der Waals surface area contributed by atoms with E-state index in [-0.39, 0.29) is 0 Å². The van der Waals surface area contributed by atoms with Gasteiger partial charge in [0.15, 0.2) is 0 Å². The Morgan fingerprint density at radius 1 is 1.44 bits per heavy atom. The average Bonchev–Trinajstić information content (AvgIpc) is 2.38. The summed E-state index contributed by atoms with van der Waals surface area (Å²) in [7, 11) is 1.71. The highest BCUT2D eigenvalue weighted by Crippen LogP contribution is 2.29. The molecule has 0 radical (unpaired) electrons. The second-order valence-corrected chi connectivity index (χ2v) is 5.79. The van der Waals surface area contributed by atoms with Crippen LogP contribution in [0, 0.1) is 0 Å². The van der Waals surface area contributed by atoms with Crippen molar-refractivity contribution >= 4 is 21.6 Å². The zero-order valence-corrected chi connectivity index (χ0v) is 12.8. The van der Waals surface area contributed by atoms with Crippen LogP contribution in [0.5, 0.6) is 5.75 Å². The fourth-order valence-electron chi connectivity index (χ4n) is 2.47. The Morgan fingerprint density at radius 3 is 2.89 bits per heavy atom. The number of halogens is 1. The monoisotopic (exact) mass is 312 g/mol. The van der Waals surface area contributed by atoms with E-state index in [1.54, 1.807) is 7.11 Å². The van der Waals surface area contributed by atoms with Crippen LogP contribution in [0.3, 0.4) is 0 Å². The second kappa shape index (κ2) is 5.93. The van der Waals surface area contributed by atoms with Crippen LogP contribution in [0.2, 0.25) is 0 Å². The van der Waals surface area contributed by atoms with E-state index >= 15 is 0 Å². The first-order valence-electron chi connectivity index (χ1n) is 6.48. The molecule has 0 bridgehead atoms. The van der Waals surface area contributed by atoms with Crippen LogP contribution in [0.1, 0.15) is 20.3 Å². The Morgan fingerprint density at radius 2 is 2.22 bits per heavy atom. The molecule has 0 amide bonds. The molecule has 2 unspecified atom stereocenters. The van der Waals surface area contributed by atoms with Gasteiger partial charge < -0.3 is 15.0 Å². The van der Waals surface area contributed by atoms with E-state index in [4.69, 9.17) is 4.74 Å². The largest absolute Gasteiger partial charge is 0.497 e. The Bertz CT molecular complexity index is 411. The second-order valence-electron chi connectivity index (χ2n) is 4.87. The molecule has 2 atom stereocenters. The van der Waals surface area contributed by atoms with E-state index in [2.05, 4.69) is 52.1 Å². The summed E-state index contributed by atoms with van der Waals surface area (Å²) in [5.74, 6) is 0.903. The number of rotatable bonds is 3. The van der Waals surface area contributed by atoms with Crippen molar-refractivity contribution in [1.29, 1.82) is 0 Å². The molecular weight excluding hydrogens is 292 g/mol. The standard InChI is InChI=1S/C14H21BrN2O/c1-4-12-8-16-10(2)9-17(12)13-5-11(15)6-14(7-13)18-3/h5-7,10,12,16H,4,8-9H2,1-3H3. The first kappa shape index (κ1) is 13.7. The van der Waals surface area contributed by atoms with E-state index in [0.29, 0.717) is 12.1 Å². The van der Waals surface area contributed by atoms with E-state index in [1.807, 2.05) is 6.07 Å². The van der Waals surface area contributed by atoms with Crippen molar-refractivity contribution in [3.63, 3.8) is 0 Å². The molecule has 1 aliphatic rings. The predicted octanol–water partition coefficient (Wildman–Crippen LogP) is 3.03. The SMILES string of the molecule is CCC1CNC(C)CN1c1cc(Br)cc(OC)c1. The molecule has 0 spiro atoms. The van der Waals surface area contributed by atoms with Crippen LogP contribution in [-0.2, 0) is 0 Å². The normalized spacial score (nSPS) is 24.1. The minimum absolute atomic E-state index is 0.526. The number of hydrogen-bond acceptors (Lipinski definition) is 3. The molecule has 0 aliphatic carbocycles. The van der Waals surface area contributed by atoms with Gasteiger partial charge in [0, 0.05) is 41.4 Å². The summed E-state index contributed by atoms with van der Waals surface area (Å²) in [6.07, 6.45) is 1.15. The molecule has 2 rings (SSSR count). The van der Waals surface area contributed by atoms with Gasteiger partial charge in [-0.1, -0.05) is 22.9 Å². The first-order chi connectivity index (χ1) is 8.63. The molecule has 1 saturated heterocycles. The van der Waals surface area contributed by atoms with E-state index in [9.17, 15) is 0 Å². The Labute approximate surface area is 118 Å². The van der Waals surface area contributed by atoms with Crippen molar-refractivity contribution in [2.75, 3.05) is 25.1 Å². The van der Waals surface area contributed by atoms with Crippen LogP contribution < -0.4 is 15.0 Å². The number of nitrogens with one attached hydrogen (secondary N) is 1. The maximum atomic E-state index is 5.35.